The molecule has 3 rings (SSSR count). The molecule has 4 nitrogen and oxygen atoms in total. The number of benzene rings is 1. The number of hydrogen-bond acceptors (Lipinski definition) is 3. The maximum Gasteiger partial charge on any atom is 0.254 e. The van der Waals surface area contributed by atoms with Gasteiger partial charge in [0.1, 0.15) is 5.82 Å². The van der Waals surface area contributed by atoms with Gasteiger partial charge in [-0.25, -0.2) is 4.98 Å². The molecule has 0 saturated carbocycles. The Labute approximate surface area is 131 Å². The Bertz CT molecular complexity index is 669. The van der Waals surface area contributed by atoms with Crippen LogP contribution in [-0.4, -0.2) is 29.4 Å². The number of anilines is 1. The first-order chi connectivity index (χ1) is 10.7. The van der Waals surface area contributed by atoms with E-state index in [9.17, 15) is 4.79 Å². The molecular weight excluding hydrogens is 274 g/mol. The summed E-state index contributed by atoms with van der Waals surface area (Å²) in [5.74, 6) is 0.973. The maximum absolute atomic E-state index is 12.8. The lowest BCUT2D eigenvalue weighted by Crippen LogP contribution is -2.31. The lowest BCUT2D eigenvalue weighted by molar-refractivity contribution is 0.0735. The van der Waals surface area contributed by atoms with Crippen molar-refractivity contribution >= 4 is 11.7 Å². The van der Waals surface area contributed by atoms with E-state index in [0.717, 1.165) is 36.3 Å². The lowest BCUT2D eigenvalue weighted by Gasteiger charge is -2.26. The number of carbonyl (C=O) groups is 1. The van der Waals surface area contributed by atoms with E-state index >= 15 is 0 Å². The molecule has 22 heavy (non-hydrogen) atoms. The molecule has 0 aliphatic carbocycles. The van der Waals surface area contributed by atoms with E-state index in [1.54, 1.807) is 0 Å². The second-order valence-electron chi connectivity index (χ2n) is 5.70. The molecule has 1 atom stereocenters. The second-order valence-corrected chi connectivity index (χ2v) is 5.70. The van der Waals surface area contributed by atoms with Gasteiger partial charge in [-0.05, 0) is 49.1 Å². The molecule has 1 N–H and O–H groups in total. The molecular formula is C18H21N3O. The largest absolute Gasteiger partial charge is 0.373 e. The van der Waals surface area contributed by atoms with E-state index in [-0.39, 0.29) is 11.9 Å². The van der Waals surface area contributed by atoms with Crippen LogP contribution in [0.5, 0.6) is 0 Å². The van der Waals surface area contributed by atoms with Crippen molar-refractivity contribution in [3.8, 4) is 0 Å². The molecule has 1 aromatic heterocycles. The summed E-state index contributed by atoms with van der Waals surface area (Å²) in [7, 11) is 1.86. The van der Waals surface area contributed by atoms with Crippen molar-refractivity contribution < 1.29 is 4.79 Å². The Morgan fingerprint density at radius 2 is 2.09 bits per heavy atom. The number of likely N-dealkylation sites (tertiary alicyclic amines) is 1. The average molecular weight is 295 g/mol. The summed E-state index contributed by atoms with van der Waals surface area (Å²) in [6.07, 6.45) is 3.94. The topological polar surface area (TPSA) is 45.2 Å². The summed E-state index contributed by atoms with van der Waals surface area (Å²) < 4.78 is 0. The van der Waals surface area contributed by atoms with Gasteiger partial charge in [-0.2, -0.15) is 0 Å². The van der Waals surface area contributed by atoms with Crippen LogP contribution in [0.4, 0.5) is 5.82 Å². The molecule has 0 unspecified atom stereocenters. The van der Waals surface area contributed by atoms with Crippen LogP contribution < -0.4 is 5.32 Å². The average Bonchev–Trinajstić information content (AvgIpc) is 3.04. The smallest absolute Gasteiger partial charge is 0.254 e. The lowest BCUT2D eigenvalue weighted by atomic mass is 10.0. The molecule has 1 aliphatic rings. The summed E-state index contributed by atoms with van der Waals surface area (Å²) in [4.78, 5) is 19.2. The fourth-order valence-corrected chi connectivity index (χ4v) is 3.13. The standard InChI is InChI=1S/C18H21N3O/c1-13-11-17(19-2)20-12-15(13)16-9-6-10-21(16)18(22)14-7-4-3-5-8-14/h3-5,7-8,11-12,16H,6,9-10H2,1-2H3,(H,19,20)/t16-/m0/s1. The van der Waals surface area contributed by atoms with Gasteiger partial charge in [0, 0.05) is 25.4 Å². The Hall–Kier alpha value is -2.36. The van der Waals surface area contributed by atoms with Crippen LogP contribution in [0.3, 0.4) is 0 Å². The quantitative estimate of drug-likeness (QED) is 0.944. The van der Waals surface area contributed by atoms with Gasteiger partial charge in [0.2, 0.25) is 0 Å². The molecule has 1 fully saturated rings. The van der Waals surface area contributed by atoms with Crippen molar-refractivity contribution in [1.82, 2.24) is 9.88 Å². The molecule has 1 amide bonds. The highest BCUT2D eigenvalue weighted by Crippen LogP contribution is 2.34. The summed E-state index contributed by atoms with van der Waals surface area (Å²) in [5.41, 5.74) is 3.09. The van der Waals surface area contributed by atoms with E-state index < -0.39 is 0 Å². The molecule has 1 aromatic carbocycles. The first-order valence-corrected chi connectivity index (χ1v) is 7.71. The maximum atomic E-state index is 12.8. The number of carbonyl (C=O) groups excluding carboxylic acids is 1. The van der Waals surface area contributed by atoms with Gasteiger partial charge in [0.05, 0.1) is 6.04 Å². The van der Waals surface area contributed by atoms with Gasteiger partial charge in [0.15, 0.2) is 0 Å². The van der Waals surface area contributed by atoms with Gasteiger partial charge in [0.25, 0.3) is 5.91 Å². The number of aromatic nitrogens is 1. The molecule has 1 aliphatic heterocycles. The Kier molecular flexibility index (Phi) is 4.09. The van der Waals surface area contributed by atoms with E-state index in [2.05, 4.69) is 17.2 Å². The SMILES string of the molecule is CNc1cc(C)c([C@@H]2CCCN2C(=O)c2ccccc2)cn1. The Balaban J connectivity index is 1.89. The van der Waals surface area contributed by atoms with Crippen molar-refractivity contribution in [3.05, 3.63) is 59.3 Å². The molecule has 114 valence electrons. The van der Waals surface area contributed by atoms with E-state index in [0.29, 0.717) is 0 Å². The number of nitrogens with zero attached hydrogens (tertiary/aromatic N) is 2. The summed E-state index contributed by atoms with van der Waals surface area (Å²) in [6, 6.07) is 11.7. The van der Waals surface area contributed by atoms with Crippen molar-refractivity contribution in [2.24, 2.45) is 0 Å². The zero-order chi connectivity index (χ0) is 15.5. The van der Waals surface area contributed by atoms with Crippen LogP contribution >= 0.6 is 0 Å². The van der Waals surface area contributed by atoms with Gasteiger partial charge in [-0.15, -0.1) is 0 Å². The third kappa shape index (κ3) is 2.69. The molecule has 0 bridgehead atoms. The van der Waals surface area contributed by atoms with Crippen LogP contribution in [-0.2, 0) is 0 Å². The fraction of sp³-hybridized carbons (Fsp3) is 0.333. The van der Waals surface area contributed by atoms with Crippen molar-refractivity contribution in [1.29, 1.82) is 0 Å². The van der Waals surface area contributed by atoms with Crippen LogP contribution in [0, 0.1) is 6.92 Å². The minimum absolute atomic E-state index is 0.111. The normalized spacial score (nSPS) is 17.5. The van der Waals surface area contributed by atoms with Gasteiger partial charge < -0.3 is 10.2 Å². The number of rotatable bonds is 3. The highest BCUT2D eigenvalue weighted by Gasteiger charge is 2.31. The fourth-order valence-electron chi connectivity index (χ4n) is 3.13. The molecule has 0 spiro atoms. The molecule has 4 heteroatoms. The van der Waals surface area contributed by atoms with Crippen molar-refractivity contribution in [2.75, 3.05) is 18.9 Å². The summed E-state index contributed by atoms with van der Waals surface area (Å²) in [5, 5.41) is 3.05. The minimum Gasteiger partial charge on any atom is -0.373 e. The Morgan fingerprint density at radius 1 is 1.32 bits per heavy atom. The van der Waals surface area contributed by atoms with E-state index in [1.807, 2.05) is 54.5 Å². The first-order valence-electron chi connectivity index (χ1n) is 7.71. The number of amides is 1. The highest BCUT2D eigenvalue weighted by molar-refractivity contribution is 5.94. The summed E-state index contributed by atoms with van der Waals surface area (Å²) >= 11 is 0. The van der Waals surface area contributed by atoms with Crippen LogP contribution in [0.1, 0.15) is 40.4 Å². The van der Waals surface area contributed by atoms with Crippen LogP contribution in [0.2, 0.25) is 0 Å². The van der Waals surface area contributed by atoms with E-state index in [1.165, 1.54) is 5.56 Å². The summed E-state index contributed by atoms with van der Waals surface area (Å²) in [6.45, 7) is 2.90. The zero-order valence-electron chi connectivity index (χ0n) is 13.0. The Morgan fingerprint density at radius 3 is 2.77 bits per heavy atom. The van der Waals surface area contributed by atoms with E-state index in [4.69, 9.17) is 0 Å². The van der Waals surface area contributed by atoms with Gasteiger partial charge in [-0.1, -0.05) is 18.2 Å². The monoisotopic (exact) mass is 295 g/mol. The minimum atomic E-state index is 0.111. The zero-order valence-corrected chi connectivity index (χ0v) is 13.0. The molecule has 2 heterocycles. The predicted molar refractivity (Wildman–Crippen MR) is 88.0 cm³/mol. The third-order valence-electron chi connectivity index (χ3n) is 4.30. The number of nitrogens with one attached hydrogen (secondary N) is 1. The highest BCUT2D eigenvalue weighted by atomic mass is 16.2. The van der Waals surface area contributed by atoms with Gasteiger partial charge >= 0.3 is 0 Å². The number of aryl methyl sites for hydroxylation is 1. The first kappa shape index (κ1) is 14.6. The second kappa shape index (κ2) is 6.18. The molecule has 2 aromatic rings. The third-order valence-corrected chi connectivity index (χ3v) is 4.30. The van der Waals surface area contributed by atoms with Gasteiger partial charge in [-0.3, -0.25) is 4.79 Å². The predicted octanol–water partition coefficient (Wildman–Crippen LogP) is 3.41. The molecule has 1 saturated heterocycles. The molecule has 0 radical (unpaired) electrons. The van der Waals surface area contributed by atoms with Crippen molar-refractivity contribution in [3.63, 3.8) is 0 Å². The van der Waals surface area contributed by atoms with Crippen LogP contribution in [0.15, 0.2) is 42.6 Å². The number of hydrogen-bond donors (Lipinski definition) is 1. The van der Waals surface area contributed by atoms with Crippen LogP contribution in [0.25, 0.3) is 0 Å². The van der Waals surface area contributed by atoms with Crippen molar-refractivity contribution in [2.45, 2.75) is 25.8 Å². The number of pyridine rings is 1.